The normalized spacial score (nSPS) is 14.2. The number of ether oxygens (including phenoxy) is 2. The highest BCUT2D eigenvalue weighted by molar-refractivity contribution is 5.96. The number of fused-ring (bicyclic) bond motifs is 2. The molecule has 0 spiro atoms. The molecule has 36 heavy (non-hydrogen) atoms. The van der Waals surface area contributed by atoms with Crippen LogP contribution in [0.25, 0.3) is 21.8 Å². The monoisotopic (exact) mass is 497 g/mol. The van der Waals surface area contributed by atoms with E-state index in [-0.39, 0.29) is 16.9 Å². The Morgan fingerprint density at radius 1 is 1.00 bits per heavy atom. The van der Waals surface area contributed by atoms with Crippen LogP contribution < -0.4 is 20.4 Å². The van der Waals surface area contributed by atoms with Gasteiger partial charge in [-0.1, -0.05) is 12.1 Å². The van der Waals surface area contributed by atoms with Gasteiger partial charge in [-0.3, -0.25) is 9.59 Å². The lowest BCUT2D eigenvalue weighted by Crippen LogP contribution is -2.37. The predicted octanol–water partition coefficient (Wildman–Crippen LogP) is 4.55. The number of aromatic nitrogens is 1. The van der Waals surface area contributed by atoms with E-state index in [0.29, 0.717) is 53.8 Å². The van der Waals surface area contributed by atoms with Crippen LogP contribution in [-0.2, 0) is 15.7 Å². The van der Waals surface area contributed by atoms with Gasteiger partial charge in [-0.25, -0.2) is 0 Å². The lowest BCUT2D eigenvalue weighted by Gasteiger charge is -2.31. The summed E-state index contributed by atoms with van der Waals surface area (Å²) in [7, 11) is 0. The molecule has 3 aromatic carbocycles. The molecule has 0 saturated carbocycles. The highest BCUT2D eigenvalue weighted by atomic mass is 19.4. The average Bonchev–Trinajstić information content (AvgIpc) is 2.88. The van der Waals surface area contributed by atoms with Crippen molar-refractivity contribution >= 4 is 39.1 Å². The van der Waals surface area contributed by atoms with Gasteiger partial charge in [0.2, 0.25) is 0 Å². The zero-order valence-electron chi connectivity index (χ0n) is 19.0. The average molecular weight is 497 g/mol. The Hall–Kier alpha value is -4.05. The molecule has 1 aliphatic heterocycles. The molecule has 4 aromatic rings. The molecule has 186 valence electrons. The lowest BCUT2D eigenvalue weighted by molar-refractivity contribution is -0.137. The quantitative estimate of drug-likeness (QED) is 0.395. The van der Waals surface area contributed by atoms with Gasteiger partial charge in [-0.05, 0) is 48.5 Å². The second kappa shape index (κ2) is 9.54. The van der Waals surface area contributed by atoms with Crippen LogP contribution in [0.4, 0.5) is 24.5 Å². The lowest BCUT2D eigenvalue weighted by atomic mass is 10.1. The summed E-state index contributed by atoms with van der Waals surface area (Å²) in [6, 6.07) is 15.2. The van der Waals surface area contributed by atoms with Gasteiger partial charge in [-0.2, -0.15) is 13.2 Å². The maximum Gasteiger partial charge on any atom is 0.416 e. The minimum Gasteiger partial charge on any atom is -0.484 e. The number of alkyl halides is 3. The number of anilines is 2. The van der Waals surface area contributed by atoms with Crippen LogP contribution in [0, 0.1) is 0 Å². The first-order valence-electron chi connectivity index (χ1n) is 11.3. The summed E-state index contributed by atoms with van der Waals surface area (Å²) in [5.41, 5.74) is 0.811. The number of para-hydroxylation sites is 1. The largest absolute Gasteiger partial charge is 0.484 e. The molecule has 0 bridgehead atoms. The fourth-order valence-corrected chi connectivity index (χ4v) is 4.22. The zero-order chi connectivity index (χ0) is 25.3. The Kier molecular flexibility index (Phi) is 6.27. The Bertz CT molecular complexity index is 1490. The third-order valence-electron chi connectivity index (χ3n) is 6.00. The van der Waals surface area contributed by atoms with Crippen LogP contribution in [0.2, 0.25) is 0 Å². The van der Waals surface area contributed by atoms with Crippen molar-refractivity contribution in [2.24, 2.45) is 0 Å². The van der Waals surface area contributed by atoms with Crippen molar-refractivity contribution in [2.75, 3.05) is 43.1 Å². The summed E-state index contributed by atoms with van der Waals surface area (Å²) in [6.07, 6.45) is -4.55. The number of carbonyl (C=O) groups is 1. The fourth-order valence-electron chi connectivity index (χ4n) is 4.22. The van der Waals surface area contributed by atoms with Crippen molar-refractivity contribution in [3.63, 3.8) is 0 Å². The summed E-state index contributed by atoms with van der Waals surface area (Å²) >= 11 is 0. The van der Waals surface area contributed by atoms with E-state index in [1.807, 2.05) is 17.0 Å². The van der Waals surface area contributed by atoms with Crippen molar-refractivity contribution in [3.8, 4) is 5.75 Å². The van der Waals surface area contributed by atoms with Crippen LogP contribution in [0.15, 0.2) is 65.5 Å². The van der Waals surface area contributed by atoms with Crippen molar-refractivity contribution in [3.05, 3.63) is 76.5 Å². The Morgan fingerprint density at radius 3 is 2.53 bits per heavy atom. The molecule has 1 fully saturated rings. The molecular formula is C26H22F3N3O4. The second-order valence-electron chi connectivity index (χ2n) is 8.37. The van der Waals surface area contributed by atoms with Crippen LogP contribution >= 0.6 is 0 Å². The van der Waals surface area contributed by atoms with E-state index in [1.54, 1.807) is 24.3 Å². The maximum atomic E-state index is 13.3. The molecule has 0 radical (unpaired) electrons. The number of morpholine rings is 1. The Morgan fingerprint density at radius 2 is 1.75 bits per heavy atom. The van der Waals surface area contributed by atoms with Gasteiger partial charge in [-0.15, -0.1) is 0 Å². The van der Waals surface area contributed by atoms with Gasteiger partial charge in [0.1, 0.15) is 5.75 Å². The molecule has 1 aliphatic rings. The first-order valence-corrected chi connectivity index (χ1v) is 11.3. The highest BCUT2D eigenvalue weighted by Gasteiger charge is 2.32. The number of hydrogen-bond donors (Lipinski definition) is 2. The zero-order valence-corrected chi connectivity index (χ0v) is 19.0. The second-order valence-corrected chi connectivity index (χ2v) is 8.37. The minimum atomic E-state index is -4.55. The molecule has 2 N–H and O–H groups in total. The fraction of sp³-hybridized carbons (Fsp3) is 0.231. The van der Waals surface area contributed by atoms with Gasteiger partial charge in [0, 0.05) is 29.4 Å². The summed E-state index contributed by atoms with van der Waals surface area (Å²) in [4.78, 5) is 30.6. The third-order valence-corrected chi connectivity index (χ3v) is 6.00. The van der Waals surface area contributed by atoms with E-state index >= 15 is 0 Å². The number of amides is 1. The van der Waals surface area contributed by atoms with E-state index in [4.69, 9.17) is 9.47 Å². The van der Waals surface area contributed by atoms with Gasteiger partial charge in [0.15, 0.2) is 12.0 Å². The number of rotatable bonds is 5. The van der Waals surface area contributed by atoms with E-state index in [0.717, 1.165) is 12.1 Å². The van der Waals surface area contributed by atoms with Crippen LogP contribution in [-0.4, -0.2) is 43.8 Å². The van der Waals surface area contributed by atoms with E-state index < -0.39 is 24.3 Å². The summed E-state index contributed by atoms with van der Waals surface area (Å²) in [5, 5.41) is 3.48. The number of carbonyl (C=O) groups excluding carboxylic acids is 1. The number of halogens is 3. The molecule has 5 rings (SSSR count). The van der Waals surface area contributed by atoms with Gasteiger partial charge >= 0.3 is 6.18 Å². The topological polar surface area (TPSA) is 83.7 Å². The number of aromatic amines is 1. The Balaban J connectivity index is 1.35. The minimum absolute atomic E-state index is 0.0433. The molecule has 10 heteroatoms. The first-order chi connectivity index (χ1) is 17.3. The summed E-state index contributed by atoms with van der Waals surface area (Å²) in [6.45, 7) is 1.41. The highest BCUT2D eigenvalue weighted by Crippen LogP contribution is 2.35. The molecule has 1 saturated heterocycles. The van der Waals surface area contributed by atoms with Gasteiger partial charge in [0.25, 0.3) is 5.91 Å². The van der Waals surface area contributed by atoms with Crippen molar-refractivity contribution in [1.29, 1.82) is 0 Å². The van der Waals surface area contributed by atoms with Crippen LogP contribution in [0.1, 0.15) is 5.56 Å². The Labute approximate surface area is 203 Å². The van der Waals surface area contributed by atoms with E-state index in [1.165, 1.54) is 12.1 Å². The van der Waals surface area contributed by atoms with Crippen molar-refractivity contribution in [1.82, 2.24) is 4.98 Å². The first kappa shape index (κ1) is 23.7. The summed E-state index contributed by atoms with van der Waals surface area (Å²) in [5.74, 6) is -0.341. The third kappa shape index (κ3) is 4.85. The molecule has 2 heterocycles. The SMILES string of the molecule is O=C(COc1ccc2[nH]c3ccccc3c(=O)c2c1)Nc1cc(C(F)(F)F)ccc1N1CCOCC1. The number of H-pyrrole nitrogens is 1. The predicted molar refractivity (Wildman–Crippen MR) is 131 cm³/mol. The smallest absolute Gasteiger partial charge is 0.416 e. The standard InChI is InChI=1S/C26H22F3N3O4/c27-26(28,29)16-5-8-23(32-9-11-35-12-10-32)22(13-16)31-24(33)15-36-17-6-7-21-19(14-17)25(34)18-3-1-2-4-20(18)30-21/h1-8,13-14H,9-12,15H2,(H,30,34)(H,31,33). The molecule has 1 aromatic heterocycles. The van der Waals surface area contributed by atoms with Crippen LogP contribution in [0.3, 0.4) is 0 Å². The number of nitrogens with one attached hydrogen (secondary N) is 2. The number of benzene rings is 3. The van der Waals surface area contributed by atoms with Gasteiger partial charge < -0.3 is 24.7 Å². The van der Waals surface area contributed by atoms with Crippen LogP contribution in [0.5, 0.6) is 5.75 Å². The molecule has 1 amide bonds. The molecule has 0 unspecified atom stereocenters. The number of hydrogen-bond acceptors (Lipinski definition) is 5. The van der Waals surface area contributed by atoms with Gasteiger partial charge in [0.05, 0.1) is 35.7 Å². The molecular weight excluding hydrogens is 475 g/mol. The number of nitrogens with zero attached hydrogens (tertiary/aromatic N) is 1. The summed E-state index contributed by atoms with van der Waals surface area (Å²) < 4.78 is 50.8. The molecule has 0 atom stereocenters. The molecule has 0 aliphatic carbocycles. The number of pyridine rings is 1. The van der Waals surface area contributed by atoms with E-state index in [9.17, 15) is 22.8 Å². The van der Waals surface area contributed by atoms with E-state index in [2.05, 4.69) is 10.3 Å². The van der Waals surface area contributed by atoms with Crippen molar-refractivity contribution in [2.45, 2.75) is 6.18 Å². The maximum absolute atomic E-state index is 13.3. The van der Waals surface area contributed by atoms with Crippen molar-refractivity contribution < 1.29 is 27.4 Å². The molecule has 7 nitrogen and oxygen atoms in total.